The molecular weight excluding hydrogens is 389 g/mol. The van der Waals surface area contributed by atoms with Gasteiger partial charge in [0.05, 0.1) is 4.90 Å². The van der Waals surface area contributed by atoms with Crippen LogP contribution in [-0.4, -0.2) is 13.5 Å². The molecule has 0 saturated carbocycles. The van der Waals surface area contributed by atoms with Crippen molar-refractivity contribution in [1.82, 2.24) is 0 Å². The maximum Gasteiger partial charge on any atom is 0.216 e. The van der Waals surface area contributed by atoms with E-state index in [2.05, 4.69) is 0 Å². The van der Waals surface area contributed by atoms with E-state index in [-0.39, 0.29) is 10.6 Å². The molecule has 0 spiro atoms. The fraction of sp³-hybridized carbons (Fsp3) is 0.348. The highest BCUT2D eigenvalue weighted by Gasteiger charge is 2.27. The van der Waals surface area contributed by atoms with Crippen LogP contribution in [0.4, 0.5) is 4.39 Å². The van der Waals surface area contributed by atoms with Crippen molar-refractivity contribution in [2.45, 2.75) is 57.3 Å². The Bertz CT molecular complexity index is 1060. The van der Waals surface area contributed by atoms with Gasteiger partial charge in [0, 0.05) is 11.1 Å². The van der Waals surface area contributed by atoms with Gasteiger partial charge < -0.3 is 5.11 Å². The average Bonchev–Trinajstić information content (AvgIpc) is 2.58. The Kier molecular flexibility index (Phi) is 5.97. The van der Waals surface area contributed by atoms with Crippen molar-refractivity contribution in [3.8, 4) is 11.8 Å². The zero-order chi connectivity index (χ0) is 22.2. The number of hydrogen-bond acceptors (Lipinski definition) is 4. The summed E-state index contributed by atoms with van der Waals surface area (Å²) in [5.41, 5.74) is 1.04. The first-order valence-electron chi connectivity index (χ1n) is 9.18. The molecule has 0 fully saturated rings. The maximum atomic E-state index is 13.2. The lowest BCUT2D eigenvalue weighted by Crippen LogP contribution is -2.17. The molecule has 1 N–H and O–H groups in total. The highest BCUT2D eigenvalue weighted by molar-refractivity contribution is 7.95. The minimum atomic E-state index is -4.10. The van der Waals surface area contributed by atoms with Crippen molar-refractivity contribution >= 4 is 15.9 Å². The lowest BCUT2D eigenvalue weighted by Gasteiger charge is -2.28. The Hall–Kier alpha value is -2.65. The summed E-state index contributed by atoms with van der Waals surface area (Å²) in [6, 6.07) is 9.49. The van der Waals surface area contributed by atoms with E-state index in [0.717, 1.165) is 24.3 Å². The monoisotopic (exact) mass is 415 g/mol. The van der Waals surface area contributed by atoms with E-state index in [4.69, 9.17) is 0 Å². The molecule has 6 heteroatoms. The molecule has 0 unspecified atom stereocenters. The van der Waals surface area contributed by atoms with Gasteiger partial charge >= 0.3 is 0 Å². The van der Waals surface area contributed by atoms with E-state index in [1.165, 1.54) is 6.08 Å². The summed E-state index contributed by atoms with van der Waals surface area (Å²) in [7, 11) is -4.10. The topological polar surface area (TPSA) is 78.2 Å². The molecule has 0 aliphatic heterocycles. The van der Waals surface area contributed by atoms with Gasteiger partial charge in [0.25, 0.3) is 0 Å². The number of sulfone groups is 1. The first-order chi connectivity index (χ1) is 13.2. The van der Waals surface area contributed by atoms with Gasteiger partial charge in [-0.3, -0.25) is 0 Å². The predicted molar refractivity (Wildman–Crippen MR) is 113 cm³/mol. The quantitative estimate of drug-likeness (QED) is 0.533. The first kappa shape index (κ1) is 22.6. The second-order valence-corrected chi connectivity index (χ2v) is 11.0. The molecule has 0 bridgehead atoms. The number of phenolic OH excluding ortho intramolecular Hbond substituents is 1. The molecule has 0 aliphatic carbocycles. The lowest BCUT2D eigenvalue weighted by atomic mass is 9.78. The second kappa shape index (κ2) is 7.64. The number of halogens is 1. The number of nitriles is 1. The molecule has 2 aromatic carbocycles. The van der Waals surface area contributed by atoms with E-state index in [1.54, 1.807) is 18.2 Å². The summed E-state index contributed by atoms with van der Waals surface area (Å²) < 4.78 is 38.9. The molecule has 4 nitrogen and oxygen atoms in total. The van der Waals surface area contributed by atoms with Crippen LogP contribution in [0.3, 0.4) is 0 Å². The molecule has 29 heavy (non-hydrogen) atoms. The van der Waals surface area contributed by atoms with Crippen LogP contribution in [0.15, 0.2) is 46.2 Å². The average molecular weight is 416 g/mol. The van der Waals surface area contributed by atoms with Crippen LogP contribution in [0.1, 0.15) is 58.2 Å². The number of rotatable bonds is 3. The van der Waals surface area contributed by atoms with Crippen molar-refractivity contribution in [1.29, 1.82) is 5.26 Å². The number of phenols is 1. The Balaban J connectivity index is 2.73. The largest absolute Gasteiger partial charge is 0.507 e. The molecular formula is C23H26FNO3S. The van der Waals surface area contributed by atoms with Gasteiger partial charge in [-0.05, 0) is 58.9 Å². The number of allylic oxidation sites excluding steroid dienone is 1. The van der Waals surface area contributed by atoms with Gasteiger partial charge in [-0.1, -0.05) is 41.5 Å². The van der Waals surface area contributed by atoms with Crippen LogP contribution in [-0.2, 0) is 20.7 Å². The molecule has 0 atom stereocenters. The Morgan fingerprint density at radius 2 is 1.45 bits per heavy atom. The summed E-state index contributed by atoms with van der Waals surface area (Å²) in [5.74, 6) is -0.392. The molecule has 0 saturated heterocycles. The smallest absolute Gasteiger partial charge is 0.216 e. The van der Waals surface area contributed by atoms with Crippen LogP contribution >= 0.6 is 0 Å². The van der Waals surface area contributed by atoms with Gasteiger partial charge in [-0.25, -0.2) is 12.8 Å². The summed E-state index contributed by atoms with van der Waals surface area (Å²) in [4.78, 5) is -0.605. The van der Waals surface area contributed by atoms with Crippen molar-refractivity contribution in [3.63, 3.8) is 0 Å². The van der Waals surface area contributed by atoms with Crippen LogP contribution in [0, 0.1) is 17.1 Å². The Labute approximate surface area is 172 Å². The minimum Gasteiger partial charge on any atom is -0.507 e. The minimum absolute atomic E-state index is 0.155. The normalized spacial score (nSPS) is 13.2. The van der Waals surface area contributed by atoms with Gasteiger partial charge in [0.1, 0.15) is 22.5 Å². The van der Waals surface area contributed by atoms with Crippen molar-refractivity contribution in [3.05, 3.63) is 63.8 Å². The van der Waals surface area contributed by atoms with Crippen LogP contribution in [0.5, 0.6) is 5.75 Å². The van der Waals surface area contributed by atoms with Crippen molar-refractivity contribution < 1.29 is 17.9 Å². The molecule has 154 valence electrons. The van der Waals surface area contributed by atoms with Gasteiger partial charge in [-0.15, -0.1) is 0 Å². The van der Waals surface area contributed by atoms with E-state index >= 15 is 0 Å². The molecule has 0 radical (unpaired) electrons. The molecule has 0 amide bonds. The van der Waals surface area contributed by atoms with E-state index in [9.17, 15) is 23.2 Å². The van der Waals surface area contributed by atoms with E-state index in [1.807, 2.05) is 41.5 Å². The molecule has 0 heterocycles. The fourth-order valence-electron chi connectivity index (χ4n) is 2.95. The van der Waals surface area contributed by atoms with E-state index in [0.29, 0.717) is 16.7 Å². The second-order valence-electron chi connectivity index (χ2n) is 9.04. The van der Waals surface area contributed by atoms with Crippen LogP contribution < -0.4 is 0 Å². The molecule has 2 aromatic rings. The van der Waals surface area contributed by atoms with Gasteiger partial charge in [0.15, 0.2) is 0 Å². The van der Waals surface area contributed by atoms with Crippen molar-refractivity contribution in [2.75, 3.05) is 0 Å². The molecule has 2 rings (SSSR count). The third kappa shape index (κ3) is 4.86. The lowest BCUT2D eigenvalue weighted by molar-refractivity contribution is 0.423. The molecule has 0 aromatic heterocycles. The number of benzene rings is 2. The SMILES string of the molecule is CC(C)(C)c1cc(/C=C(/C#N)S(=O)(=O)c2ccc(F)cc2)cc(C(C)(C)C)c1O. The molecule has 0 aliphatic rings. The van der Waals surface area contributed by atoms with Gasteiger partial charge in [0.2, 0.25) is 9.84 Å². The Morgan fingerprint density at radius 1 is 1.00 bits per heavy atom. The summed E-state index contributed by atoms with van der Waals surface area (Å²) >= 11 is 0. The zero-order valence-corrected chi connectivity index (χ0v) is 18.4. The third-order valence-corrected chi connectivity index (χ3v) is 6.25. The summed E-state index contributed by atoms with van der Waals surface area (Å²) in [6.07, 6.45) is 1.29. The Morgan fingerprint density at radius 3 is 1.83 bits per heavy atom. The predicted octanol–water partition coefficient (Wildman–Crippen LogP) is 5.46. The van der Waals surface area contributed by atoms with Crippen molar-refractivity contribution in [2.24, 2.45) is 0 Å². The van der Waals surface area contributed by atoms with Gasteiger partial charge in [-0.2, -0.15) is 5.26 Å². The van der Waals surface area contributed by atoms with Crippen LogP contribution in [0.2, 0.25) is 0 Å². The standard InChI is InChI=1S/C23H26FNO3S/c1-22(2,3)19-12-15(13-20(21(19)26)23(4,5)6)11-18(14-25)29(27,28)17-9-7-16(24)8-10-17/h7-13,26H,1-6H3/b18-11-. The highest BCUT2D eigenvalue weighted by Crippen LogP contribution is 2.40. The summed E-state index contributed by atoms with van der Waals surface area (Å²) in [6.45, 7) is 11.7. The number of nitrogens with zero attached hydrogens (tertiary/aromatic N) is 1. The summed E-state index contributed by atoms with van der Waals surface area (Å²) in [5, 5.41) is 20.3. The number of hydrogen-bond donors (Lipinski definition) is 1. The third-order valence-electron chi connectivity index (χ3n) is 4.57. The van der Waals surface area contributed by atoms with E-state index < -0.39 is 31.4 Å². The van der Waals surface area contributed by atoms with Crippen LogP contribution in [0.25, 0.3) is 6.08 Å². The first-order valence-corrected chi connectivity index (χ1v) is 10.7. The number of aromatic hydroxyl groups is 1. The zero-order valence-electron chi connectivity index (χ0n) is 17.5. The fourth-order valence-corrected chi connectivity index (χ4v) is 4.11. The highest BCUT2D eigenvalue weighted by atomic mass is 32.2. The maximum absolute atomic E-state index is 13.2.